The van der Waals surface area contributed by atoms with Crippen molar-refractivity contribution in [2.45, 2.75) is 64.8 Å². The zero-order valence-electron chi connectivity index (χ0n) is 11.4. The Morgan fingerprint density at radius 3 is 2.71 bits per heavy atom. The first-order chi connectivity index (χ1) is 8.17. The van der Waals surface area contributed by atoms with Gasteiger partial charge in [0.2, 0.25) is 5.91 Å². The van der Waals surface area contributed by atoms with Crippen molar-refractivity contribution in [2.24, 2.45) is 17.6 Å². The second-order valence-electron chi connectivity index (χ2n) is 5.50. The van der Waals surface area contributed by atoms with Crippen molar-refractivity contribution in [3.8, 4) is 0 Å². The number of carbonyl (C=O) groups is 1. The maximum atomic E-state index is 11.9. The van der Waals surface area contributed by atoms with Gasteiger partial charge in [0.25, 0.3) is 0 Å². The molecule has 3 heteroatoms. The molecule has 1 amide bonds. The van der Waals surface area contributed by atoms with Crippen molar-refractivity contribution in [1.29, 1.82) is 0 Å². The SMILES string of the molecule is CCC(CN)CC(=O)NC1CCCCCC1C. The molecule has 0 heterocycles. The van der Waals surface area contributed by atoms with Gasteiger partial charge in [-0.15, -0.1) is 0 Å². The fourth-order valence-corrected chi connectivity index (χ4v) is 2.63. The highest BCUT2D eigenvalue weighted by molar-refractivity contribution is 5.76. The first-order valence-corrected chi connectivity index (χ1v) is 7.16. The Bertz CT molecular complexity index is 226. The highest BCUT2D eigenvalue weighted by Gasteiger charge is 2.22. The van der Waals surface area contributed by atoms with Crippen molar-refractivity contribution in [2.75, 3.05) is 6.54 Å². The van der Waals surface area contributed by atoms with Crippen LogP contribution in [0.25, 0.3) is 0 Å². The van der Waals surface area contributed by atoms with Gasteiger partial charge < -0.3 is 11.1 Å². The van der Waals surface area contributed by atoms with Crippen LogP contribution in [0.2, 0.25) is 0 Å². The normalized spacial score (nSPS) is 27.2. The number of nitrogens with two attached hydrogens (primary N) is 1. The Balaban J connectivity index is 2.37. The number of hydrogen-bond donors (Lipinski definition) is 2. The van der Waals surface area contributed by atoms with Crippen molar-refractivity contribution in [3.05, 3.63) is 0 Å². The molecule has 0 radical (unpaired) electrons. The van der Waals surface area contributed by atoms with E-state index in [-0.39, 0.29) is 5.91 Å². The summed E-state index contributed by atoms with van der Waals surface area (Å²) >= 11 is 0. The summed E-state index contributed by atoms with van der Waals surface area (Å²) in [5.41, 5.74) is 5.64. The van der Waals surface area contributed by atoms with E-state index >= 15 is 0 Å². The topological polar surface area (TPSA) is 55.1 Å². The van der Waals surface area contributed by atoms with E-state index in [9.17, 15) is 4.79 Å². The molecule has 0 aliphatic heterocycles. The summed E-state index contributed by atoms with van der Waals surface area (Å²) in [6, 6.07) is 0.389. The standard InChI is InChI=1S/C14H28N2O/c1-3-12(10-15)9-14(17)16-13-8-6-4-5-7-11(13)2/h11-13H,3-10,15H2,1-2H3,(H,16,17). The summed E-state index contributed by atoms with van der Waals surface area (Å²) in [7, 11) is 0. The first kappa shape index (κ1) is 14.5. The molecule has 1 aliphatic rings. The minimum atomic E-state index is 0.195. The van der Waals surface area contributed by atoms with Crippen LogP contribution in [0, 0.1) is 11.8 Å². The Morgan fingerprint density at radius 2 is 2.06 bits per heavy atom. The molecule has 1 fully saturated rings. The quantitative estimate of drug-likeness (QED) is 0.725. The zero-order valence-corrected chi connectivity index (χ0v) is 11.4. The number of amides is 1. The second-order valence-corrected chi connectivity index (χ2v) is 5.50. The van der Waals surface area contributed by atoms with Gasteiger partial charge >= 0.3 is 0 Å². The van der Waals surface area contributed by atoms with Crippen LogP contribution in [0.3, 0.4) is 0 Å². The van der Waals surface area contributed by atoms with Gasteiger partial charge in [-0.2, -0.15) is 0 Å². The van der Waals surface area contributed by atoms with Crippen LogP contribution in [0.5, 0.6) is 0 Å². The number of hydrogen-bond acceptors (Lipinski definition) is 2. The molecule has 1 saturated carbocycles. The summed E-state index contributed by atoms with van der Waals surface area (Å²) in [5, 5.41) is 3.21. The molecule has 0 bridgehead atoms. The molecule has 100 valence electrons. The van der Waals surface area contributed by atoms with Gasteiger partial charge in [0.05, 0.1) is 0 Å². The van der Waals surface area contributed by atoms with Gasteiger partial charge in [-0.3, -0.25) is 4.79 Å². The predicted molar refractivity (Wildman–Crippen MR) is 71.6 cm³/mol. The Kier molecular flexibility index (Phi) is 6.56. The van der Waals surface area contributed by atoms with Crippen LogP contribution < -0.4 is 11.1 Å². The van der Waals surface area contributed by atoms with Gasteiger partial charge in [0, 0.05) is 12.5 Å². The van der Waals surface area contributed by atoms with E-state index in [4.69, 9.17) is 5.73 Å². The van der Waals surface area contributed by atoms with Crippen molar-refractivity contribution in [3.63, 3.8) is 0 Å². The molecule has 3 nitrogen and oxygen atoms in total. The lowest BCUT2D eigenvalue weighted by Crippen LogP contribution is -2.40. The molecule has 0 aromatic rings. The summed E-state index contributed by atoms with van der Waals surface area (Å²) < 4.78 is 0. The smallest absolute Gasteiger partial charge is 0.220 e. The Labute approximate surface area is 106 Å². The molecular formula is C14H28N2O. The van der Waals surface area contributed by atoms with E-state index in [0.29, 0.717) is 30.8 Å². The van der Waals surface area contributed by atoms with Gasteiger partial charge in [-0.05, 0) is 31.2 Å². The summed E-state index contributed by atoms with van der Waals surface area (Å²) in [6.07, 6.45) is 7.86. The lowest BCUT2D eigenvalue weighted by atomic mass is 9.96. The van der Waals surface area contributed by atoms with Crippen molar-refractivity contribution < 1.29 is 4.79 Å². The molecule has 0 saturated heterocycles. The lowest BCUT2D eigenvalue weighted by molar-refractivity contribution is -0.123. The van der Waals surface area contributed by atoms with Crippen LogP contribution in [0.1, 0.15) is 58.8 Å². The van der Waals surface area contributed by atoms with E-state index < -0.39 is 0 Å². The molecule has 0 aromatic carbocycles. The molecule has 1 rings (SSSR count). The van der Waals surface area contributed by atoms with Crippen LogP contribution >= 0.6 is 0 Å². The van der Waals surface area contributed by atoms with E-state index in [1.165, 1.54) is 25.7 Å². The highest BCUT2D eigenvalue weighted by atomic mass is 16.1. The van der Waals surface area contributed by atoms with Gasteiger partial charge in [-0.25, -0.2) is 0 Å². The summed E-state index contributed by atoms with van der Waals surface area (Å²) in [5.74, 6) is 1.16. The molecule has 0 spiro atoms. The van der Waals surface area contributed by atoms with Gasteiger partial charge in [-0.1, -0.05) is 39.5 Å². The molecule has 3 N–H and O–H groups in total. The second kappa shape index (κ2) is 7.70. The minimum absolute atomic E-state index is 0.195. The third kappa shape index (κ3) is 5.07. The van der Waals surface area contributed by atoms with E-state index in [1.807, 2.05) is 0 Å². The van der Waals surface area contributed by atoms with Crippen LogP contribution in [0.15, 0.2) is 0 Å². The minimum Gasteiger partial charge on any atom is -0.353 e. The number of carbonyl (C=O) groups excluding carboxylic acids is 1. The molecular weight excluding hydrogens is 212 g/mol. The number of rotatable bonds is 5. The predicted octanol–water partition coefficient (Wildman–Crippen LogP) is 2.45. The van der Waals surface area contributed by atoms with Gasteiger partial charge in [0.15, 0.2) is 0 Å². The number of nitrogens with one attached hydrogen (secondary N) is 1. The van der Waals surface area contributed by atoms with Crippen molar-refractivity contribution in [1.82, 2.24) is 5.32 Å². The van der Waals surface area contributed by atoms with E-state index in [0.717, 1.165) is 12.8 Å². The summed E-state index contributed by atoms with van der Waals surface area (Å²) in [4.78, 5) is 11.9. The zero-order chi connectivity index (χ0) is 12.7. The fraction of sp³-hybridized carbons (Fsp3) is 0.929. The monoisotopic (exact) mass is 240 g/mol. The van der Waals surface area contributed by atoms with Crippen LogP contribution in [0.4, 0.5) is 0 Å². The molecule has 17 heavy (non-hydrogen) atoms. The van der Waals surface area contributed by atoms with Crippen LogP contribution in [-0.4, -0.2) is 18.5 Å². The third-order valence-electron chi connectivity index (χ3n) is 4.09. The maximum absolute atomic E-state index is 11.9. The highest BCUT2D eigenvalue weighted by Crippen LogP contribution is 2.23. The molecule has 0 aromatic heterocycles. The first-order valence-electron chi connectivity index (χ1n) is 7.16. The Hall–Kier alpha value is -0.570. The molecule has 1 aliphatic carbocycles. The summed E-state index contributed by atoms with van der Waals surface area (Å²) in [6.45, 7) is 4.97. The van der Waals surface area contributed by atoms with E-state index in [2.05, 4.69) is 19.2 Å². The molecule has 3 atom stereocenters. The van der Waals surface area contributed by atoms with Crippen LogP contribution in [-0.2, 0) is 4.79 Å². The Morgan fingerprint density at radius 1 is 1.35 bits per heavy atom. The maximum Gasteiger partial charge on any atom is 0.220 e. The fourth-order valence-electron chi connectivity index (χ4n) is 2.63. The van der Waals surface area contributed by atoms with E-state index in [1.54, 1.807) is 0 Å². The average molecular weight is 240 g/mol. The third-order valence-corrected chi connectivity index (χ3v) is 4.09. The lowest BCUT2D eigenvalue weighted by Gasteiger charge is -2.23. The average Bonchev–Trinajstić information content (AvgIpc) is 2.52. The van der Waals surface area contributed by atoms with Gasteiger partial charge in [0.1, 0.15) is 0 Å². The molecule has 3 unspecified atom stereocenters. The largest absolute Gasteiger partial charge is 0.353 e. The van der Waals surface area contributed by atoms with Crippen molar-refractivity contribution >= 4 is 5.91 Å².